The smallest absolute Gasteiger partial charge is 0.303 e. The van der Waals surface area contributed by atoms with Crippen molar-refractivity contribution >= 4 is 28.0 Å². The molecule has 0 saturated carbocycles. The van der Waals surface area contributed by atoms with E-state index in [1.807, 2.05) is 30.3 Å². The van der Waals surface area contributed by atoms with Crippen molar-refractivity contribution in [1.82, 2.24) is 19.7 Å². The van der Waals surface area contributed by atoms with Gasteiger partial charge in [0.15, 0.2) is 11.6 Å². The van der Waals surface area contributed by atoms with Crippen molar-refractivity contribution in [2.45, 2.75) is 24.3 Å². The number of benzene rings is 3. The molecule has 0 bridgehead atoms. The largest absolute Gasteiger partial charge is 0.612 e. The van der Waals surface area contributed by atoms with E-state index in [9.17, 15) is 13.7 Å². The van der Waals surface area contributed by atoms with Gasteiger partial charge in [0.2, 0.25) is 10.6 Å². The Morgan fingerprint density at radius 1 is 1.16 bits per heavy atom. The summed E-state index contributed by atoms with van der Waals surface area (Å²) in [5, 5.41) is 14.1. The highest BCUT2D eigenvalue weighted by molar-refractivity contribution is 7.91. The van der Waals surface area contributed by atoms with Crippen molar-refractivity contribution in [2.75, 3.05) is 6.26 Å². The van der Waals surface area contributed by atoms with E-state index >= 15 is 0 Å². The number of ether oxygens (including phenoxy) is 1. The van der Waals surface area contributed by atoms with Gasteiger partial charge in [0.05, 0.1) is 17.4 Å². The molecule has 2 heterocycles. The molecule has 0 radical (unpaired) electrons. The minimum Gasteiger partial charge on any atom is -0.612 e. The second-order valence-corrected chi connectivity index (χ2v) is 9.84. The van der Waals surface area contributed by atoms with Crippen LogP contribution in [0.5, 0.6) is 11.5 Å². The maximum atomic E-state index is 14.9. The topological polar surface area (TPSA) is 116 Å². The Bertz CT molecular complexity index is 1580. The molecule has 2 aromatic heterocycles. The lowest BCUT2D eigenvalue weighted by Crippen LogP contribution is -2.03. The number of halogens is 1. The van der Waals surface area contributed by atoms with Crippen LogP contribution in [0.15, 0.2) is 78.1 Å². The van der Waals surface area contributed by atoms with Crippen molar-refractivity contribution in [3.8, 4) is 22.9 Å². The van der Waals surface area contributed by atoms with Crippen LogP contribution < -0.4 is 4.74 Å². The van der Waals surface area contributed by atoms with Crippen LogP contribution >= 0.6 is 0 Å². The normalized spacial score (nSPS) is 12.1. The fourth-order valence-electron chi connectivity index (χ4n) is 4.14. The summed E-state index contributed by atoms with van der Waals surface area (Å²) in [4.78, 5) is 18.5. The molecular formula is C27H23FN4O4S. The van der Waals surface area contributed by atoms with E-state index in [2.05, 4.69) is 15.1 Å². The fourth-order valence-corrected chi connectivity index (χ4v) is 5.03. The van der Waals surface area contributed by atoms with Crippen LogP contribution in [-0.2, 0) is 28.9 Å². The monoisotopic (exact) mass is 518 g/mol. The third kappa shape index (κ3) is 5.50. The highest BCUT2D eigenvalue weighted by Crippen LogP contribution is 2.38. The van der Waals surface area contributed by atoms with Crippen LogP contribution in [0.4, 0.5) is 4.39 Å². The van der Waals surface area contributed by atoms with Gasteiger partial charge >= 0.3 is 5.97 Å². The lowest BCUT2D eigenvalue weighted by molar-refractivity contribution is -0.136. The third-order valence-electron chi connectivity index (χ3n) is 5.82. The van der Waals surface area contributed by atoms with E-state index in [0.29, 0.717) is 41.0 Å². The molecule has 0 amide bonds. The maximum Gasteiger partial charge on any atom is 0.303 e. The first-order chi connectivity index (χ1) is 17.9. The van der Waals surface area contributed by atoms with Gasteiger partial charge in [-0.2, -0.15) is 5.10 Å². The van der Waals surface area contributed by atoms with Gasteiger partial charge in [-0.25, -0.2) is 14.1 Å². The molecule has 1 atom stereocenters. The summed E-state index contributed by atoms with van der Waals surface area (Å²) in [6, 6.07) is 17.7. The first kappa shape index (κ1) is 24.5. The highest BCUT2D eigenvalue weighted by Gasteiger charge is 2.24. The summed E-state index contributed by atoms with van der Waals surface area (Å²) in [6.07, 6.45) is 5.31. The summed E-state index contributed by atoms with van der Waals surface area (Å²) < 4.78 is 35.0. The molecule has 0 aliphatic rings. The van der Waals surface area contributed by atoms with Crippen molar-refractivity contribution in [3.05, 3.63) is 90.1 Å². The molecule has 10 heteroatoms. The minimum atomic E-state index is -1.48. The second kappa shape index (κ2) is 10.5. The predicted octanol–water partition coefficient (Wildman–Crippen LogP) is 5.16. The van der Waals surface area contributed by atoms with Gasteiger partial charge in [0.25, 0.3) is 0 Å². The lowest BCUT2D eigenvalue weighted by Gasteiger charge is -2.14. The number of carbonyl (C=O) groups is 1. The number of rotatable bonds is 9. The summed E-state index contributed by atoms with van der Waals surface area (Å²) in [6.45, 7) is 0.470. The molecular weight excluding hydrogens is 495 g/mol. The highest BCUT2D eigenvalue weighted by atomic mass is 32.2. The Morgan fingerprint density at radius 3 is 2.78 bits per heavy atom. The molecule has 8 nitrogen and oxygen atoms in total. The quantitative estimate of drug-likeness (QED) is 0.260. The van der Waals surface area contributed by atoms with Crippen LogP contribution in [0.1, 0.15) is 17.5 Å². The number of carboxylic acids is 1. The van der Waals surface area contributed by atoms with Gasteiger partial charge in [-0.15, -0.1) is 0 Å². The molecule has 5 rings (SSSR count). The number of nitrogens with one attached hydrogen (secondary N) is 1. The summed E-state index contributed by atoms with van der Waals surface area (Å²) in [5.74, 6) is -0.692. The van der Waals surface area contributed by atoms with Crippen LogP contribution in [0.25, 0.3) is 22.3 Å². The number of aliphatic carboxylic acids is 1. The van der Waals surface area contributed by atoms with Gasteiger partial charge in [-0.3, -0.25) is 4.79 Å². The number of aromatic nitrogens is 4. The van der Waals surface area contributed by atoms with E-state index in [1.54, 1.807) is 41.5 Å². The number of aromatic amines is 1. The molecule has 0 saturated heterocycles. The Balaban J connectivity index is 1.36. The molecule has 188 valence electrons. The summed E-state index contributed by atoms with van der Waals surface area (Å²) in [7, 11) is 0. The molecule has 0 aliphatic carbocycles. The van der Waals surface area contributed by atoms with Crippen LogP contribution in [-0.4, -0.2) is 41.6 Å². The second-order valence-electron chi connectivity index (χ2n) is 8.52. The average molecular weight is 519 g/mol. The van der Waals surface area contributed by atoms with Gasteiger partial charge in [-0.05, 0) is 46.9 Å². The molecule has 3 aromatic carbocycles. The zero-order chi connectivity index (χ0) is 25.9. The molecule has 0 spiro atoms. The number of fused-ring (bicyclic) bond motifs is 1. The number of aryl methyl sites for hydroxylation is 1. The fraction of sp³-hybridized carbons (Fsp3) is 0.148. The van der Waals surface area contributed by atoms with E-state index < -0.39 is 23.0 Å². The van der Waals surface area contributed by atoms with Crippen LogP contribution in [0.3, 0.4) is 0 Å². The van der Waals surface area contributed by atoms with Gasteiger partial charge < -0.3 is 19.4 Å². The SMILES string of the molecule is C[S+]([O-])c1c(Oc2cccc(-c3ncn(Cc4cccc(CCC(=O)O)c4)n3)c2)c(F)cc2[nH]ccc12. The molecule has 2 N–H and O–H groups in total. The summed E-state index contributed by atoms with van der Waals surface area (Å²) in [5.41, 5.74) is 3.15. The molecule has 37 heavy (non-hydrogen) atoms. The number of nitrogens with zero attached hydrogens (tertiary/aromatic N) is 3. The molecule has 1 unspecified atom stereocenters. The van der Waals surface area contributed by atoms with Crippen LogP contribution in [0.2, 0.25) is 0 Å². The third-order valence-corrected chi connectivity index (χ3v) is 6.80. The Hall–Kier alpha value is -4.15. The number of hydrogen-bond acceptors (Lipinski definition) is 5. The standard InChI is InChI=1S/C27H23FN4O4S/c1-37(35)26-21-10-11-29-23(21)14-22(28)25(26)36-20-7-3-6-19(13-20)27-30-16-32(31-27)15-18-5-2-4-17(12-18)8-9-24(33)34/h2-7,10-14,16,29H,8-9,15H2,1H3,(H,33,34). The zero-order valence-electron chi connectivity index (χ0n) is 19.8. The van der Waals surface area contributed by atoms with Gasteiger partial charge in [0.1, 0.15) is 18.3 Å². The van der Waals surface area contributed by atoms with Crippen LogP contribution in [0, 0.1) is 5.82 Å². The van der Waals surface area contributed by atoms with Crippen molar-refractivity contribution < 1.29 is 23.6 Å². The van der Waals surface area contributed by atoms with Crippen molar-refractivity contribution in [2.24, 2.45) is 0 Å². The Labute approximate surface area is 214 Å². The molecule has 5 aromatic rings. The van der Waals surface area contributed by atoms with Crippen molar-refractivity contribution in [1.29, 1.82) is 0 Å². The van der Waals surface area contributed by atoms with Gasteiger partial charge in [-0.1, -0.05) is 36.4 Å². The van der Waals surface area contributed by atoms with E-state index in [4.69, 9.17) is 9.84 Å². The Morgan fingerprint density at radius 2 is 1.97 bits per heavy atom. The zero-order valence-corrected chi connectivity index (χ0v) is 20.7. The first-order valence-electron chi connectivity index (χ1n) is 11.5. The number of H-pyrrole nitrogens is 1. The van der Waals surface area contributed by atoms with E-state index in [0.717, 1.165) is 11.1 Å². The number of carboxylic acid groups (broad SMARTS) is 1. The lowest BCUT2D eigenvalue weighted by atomic mass is 10.1. The predicted molar refractivity (Wildman–Crippen MR) is 138 cm³/mol. The maximum absolute atomic E-state index is 14.9. The molecule has 0 fully saturated rings. The minimum absolute atomic E-state index is 0.0773. The average Bonchev–Trinajstić information content (AvgIpc) is 3.53. The van der Waals surface area contributed by atoms with E-state index in [-0.39, 0.29) is 17.1 Å². The van der Waals surface area contributed by atoms with E-state index in [1.165, 1.54) is 12.3 Å². The first-order valence-corrected chi connectivity index (χ1v) is 13.0. The van der Waals surface area contributed by atoms with Crippen molar-refractivity contribution in [3.63, 3.8) is 0 Å². The molecule has 0 aliphatic heterocycles. The summed E-state index contributed by atoms with van der Waals surface area (Å²) >= 11 is -1.48. The Kier molecular flexibility index (Phi) is 6.93. The number of hydrogen-bond donors (Lipinski definition) is 2. The van der Waals surface area contributed by atoms with Gasteiger partial charge in [0, 0.05) is 24.2 Å².